The molecule has 0 bridgehead atoms. The standard InChI is InChI=1S/C12H12N4O3S/c1-19-10-5-8(4-9(6-10)16(17)18)7-20-12-11(13)14-2-3-15-12/h2-6H,7H2,1H3,(H2,13,14). The van der Waals surface area contributed by atoms with E-state index in [0.29, 0.717) is 22.3 Å². The first-order valence-corrected chi connectivity index (χ1v) is 6.60. The van der Waals surface area contributed by atoms with E-state index in [1.165, 1.54) is 37.2 Å². The fourth-order valence-corrected chi connectivity index (χ4v) is 2.35. The lowest BCUT2D eigenvalue weighted by molar-refractivity contribution is -0.385. The molecule has 8 heteroatoms. The number of hydrogen-bond acceptors (Lipinski definition) is 7. The minimum Gasteiger partial charge on any atom is -0.496 e. The predicted molar refractivity (Wildman–Crippen MR) is 75.7 cm³/mol. The van der Waals surface area contributed by atoms with Crippen LogP contribution in [0.2, 0.25) is 0 Å². The molecule has 104 valence electrons. The Kier molecular flexibility index (Phi) is 4.36. The number of nitro benzene ring substituents is 1. The average Bonchev–Trinajstić information content (AvgIpc) is 2.46. The summed E-state index contributed by atoms with van der Waals surface area (Å²) in [4.78, 5) is 18.4. The fourth-order valence-electron chi connectivity index (χ4n) is 1.55. The van der Waals surface area contributed by atoms with Crippen LogP contribution in [0, 0.1) is 10.1 Å². The molecule has 0 fully saturated rings. The van der Waals surface area contributed by atoms with Crippen LogP contribution in [0.4, 0.5) is 11.5 Å². The predicted octanol–water partition coefficient (Wildman–Crippen LogP) is 2.27. The third-order valence-electron chi connectivity index (χ3n) is 2.46. The van der Waals surface area contributed by atoms with Gasteiger partial charge in [0, 0.05) is 24.2 Å². The van der Waals surface area contributed by atoms with Crippen molar-refractivity contribution in [2.75, 3.05) is 12.8 Å². The molecule has 0 radical (unpaired) electrons. The normalized spacial score (nSPS) is 10.2. The summed E-state index contributed by atoms with van der Waals surface area (Å²) in [6.07, 6.45) is 3.06. The number of non-ortho nitro benzene ring substituents is 1. The van der Waals surface area contributed by atoms with Crippen molar-refractivity contribution in [3.63, 3.8) is 0 Å². The molecule has 0 unspecified atom stereocenters. The molecule has 1 aromatic heterocycles. The topological polar surface area (TPSA) is 104 Å². The number of benzene rings is 1. The Balaban J connectivity index is 2.19. The van der Waals surface area contributed by atoms with Crippen molar-refractivity contribution in [2.45, 2.75) is 10.8 Å². The molecule has 0 spiro atoms. The summed E-state index contributed by atoms with van der Waals surface area (Å²) in [5.41, 5.74) is 6.44. The van der Waals surface area contributed by atoms with Crippen LogP contribution in [-0.2, 0) is 5.75 Å². The van der Waals surface area contributed by atoms with E-state index in [1.54, 1.807) is 12.3 Å². The third kappa shape index (κ3) is 3.35. The number of nitrogens with two attached hydrogens (primary N) is 1. The number of thioether (sulfide) groups is 1. The zero-order valence-electron chi connectivity index (χ0n) is 10.6. The smallest absolute Gasteiger partial charge is 0.273 e. The quantitative estimate of drug-likeness (QED) is 0.512. The number of anilines is 1. The maximum Gasteiger partial charge on any atom is 0.273 e. The van der Waals surface area contributed by atoms with Gasteiger partial charge in [-0.2, -0.15) is 0 Å². The molecule has 0 aliphatic carbocycles. The van der Waals surface area contributed by atoms with Crippen molar-refractivity contribution in [2.24, 2.45) is 0 Å². The third-order valence-corrected chi connectivity index (χ3v) is 3.53. The Labute approximate surface area is 119 Å². The SMILES string of the molecule is COc1cc(CSc2nccnc2N)cc([N+](=O)[O-])c1. The number of nitrogen functional groups attached to an aromatic ring is 1. The number of rotatable bonds is 5. The summed E-state index contributed by atoms with van der Waals surface area (Å²) >= 11 is 1.36. The maximum absolute atomic E-state index is 10.9. The lowest BCUT2D eigenvalue weighted by Gasteiger charge is -2.06. The zero-order valence-corrected chi connectivity index (χ0v) is 11.5. The van der Waals surface area contributed by atoms with Gasteiger partial charge in [0.25, 0.3) is 5.69 Å². The summed E-state index contributed by atoms with van der Waals surface area (Å²) in [6, 6.07) is 4.62. The van der Waals surface area contributed by atoms with Gasteiger partial charge in [-0.15, -0.1) is 0 Å². The summed E-state index contributed by atoms with van der Waals surface area (Å²) < 4.78 is 5.06. The molecule has 0 atom stereocenters. The lowest BCUT2D eigenvalue weighted by Crippen LogP contribution is -1.96. The summed E-state index contributed by atoms with van der Waals surface area (Å²) in [6.45, 7) is 0. The van der Waals surface area contributed by atoms with Crippen LogP contribution in [-0.4, -0.2) is 22.0 Å². The van der Waals surface area contributed by atoms with Crippen molar-refractivity contribution in [3.8, 4) is 5.75 Å². The first kappa shape index (κ1) is 14.1. The van der Waals surface area contributed by atoms with Gasteiger partial charge in [0.2, 0.25) is 0 Å². The van der Waals surface area contributed by atoms with E-state index >= 15 is 0 Å². The summed E-state index contributed by atoms with van der Waals surface area (Å²) in [7, 11) is 1.47. The van der Waals surface area contributed by atoms with Gasteiger partial charge in [0.15, 0.2) is 5.82 Å². The molecule has 0 aliphatic rings. The van der Waals surface area contributed by atoms with E-state index < -0.39 is 4.92 Å². The Hall–Kier alpha value is -2.35. The van der Waals surface area contributed by atoms with Crippen molar-refractivity contribution in [3.05, 3.63) is 46.3 Å². The highest BCUT2D eigenvalue weighted by Crippen LogP contribution is 2.28. The Morgan fingerprint density at radius 2 is 2.10 bits per heavy atom. The molecule has 0 saturated heterocycles. The number of aromatic nitrogens is 2. The van der Waals surface area contributed by atoms with E-state index in [0.717, 1.165) is 5.56 Å². The van der Waals surface area contributed by atoms with Gasteiger partial charge in [-0.1, -0.05) is 11.8 Å². The van der Waals surface area contributed by atoms with Crippen LogP contribution in [0.25, 0.3) is 0 Å². The van der Waals surface area contributed by atoms with Gasteiger partial charge >= 0.3 is 0 Å². The number of hydrogen-bond donors (Lipinski definition) is 1. The number of ether oxygens (including phenoxy) is 1. The molecule has 0 aliphatic heterocycles. The highest BCUT2D eigenvalue weighted by molar-refractivity contribution is 7.98. The molecule has 20 heavy (non-hydrogen) atoms. The molecular formula is C12H12N4O3S. The molecule has 0 saturated carbocycles. The van der Waals surface area contributed by atoms with Crippen LogP contribution < -0.4 is 10.5 Å². The van der Waals surface area contributed by atoms with Crippen molar-refractivity contribution < 1.29 is 9.66 Å². The highest BCUT2D eigenvalue weighted by Gasteiger charge is 2.11. The van der Waals surface area contributed by atoms with Crippen molar-refractivity contribution in [1.29, 1.82) is 0 Å². The van der Waals surface area contributed by atoms with Crippen LogP contribution >= 0.6 is 11.8 Å². The van der Waals surface area contributed by atoms with Crippen molar-refractivity contribution >= 4 is 23.3 Å². The van der Waals surface area contributed by atoms with Gasteiger partial charge in [-0.3, -0.25) is 10.1 Å². The molecular weight excluding hydrogens is 280 g/mol. The van der Waals surface area contributed by atoms with E-state index in [2.05, 4.69) is 9.97 Å². The Bertz CT molecular complexity index is 636. The maximum atomic E-state index is 10.9. The molecule has 7 nitrogen and oxygen atoms in total. The van der Waals surface area contributed by atoms with Gasteiger partial charge in [-0.25, -0.2) is 9.97 Å². The highest BCUT2D eigenvalue weighted by atomic mass is 32.2. The van der Waals surface area contributed by atoms with Gasteiger partial charge in [0.1, 0.15) is 10.8 Å². The number of nitrogens with zero attached hydrogens (tertiary/aromatic N) is 3. The van der Waals surface area contributed by atoms with E-state index in [1.807, 2.05) is 0 Å². The second-order valence-corrected chi connectivity index (χ2v) is 4.80. The zero-order chi connectivity index (χ0) is 14.5. The average molecular weight is 292 g/mol. The van der Waals surface area contributed by atoms with Gasteiger partial charge in [0.05, 0.1) is 18.1 Å². The van der Waals surface area contributed by atoms with Gasteiger partial charge in [-0.05, 0) is 11.6 Å². The monoisotopic (exact) mass is 292 g/mol. The van der Waals surface area contributed by atoms with E-state index in [9.17, 15) is 10.1 Å². The summed E-state index contributed by atoms with van der Waals surface area (Å²) in [5.74, 6) is 1.28. The number of nitro groups is 1. The molecule has 2 N–H and O–H groups in total. The number of methoxy groups -OCH3 is 1. The molecule has 2 rings (SSSR count). The molecule has 0 amide bonds. The van der Waals surface area contributed by atoms with Crippen LogP contribution in [0.3, 0.4) is 0 Å². The summed E-state index contributed by atoms with van der Waals surface area (Å²) in [5, 5.41) is 11.4. The molecule has 2 aromatic rings. The van der Waals surface area contributed by atoms with E-state index in [4.69, 9.17) is 10.5 Å². The van der Waals surface area contributed by atoms with Gasteiger partial charge < -0.3 is 10.5 Å². The largest absolute Gasteiger partial charge is 0.496 e. The molecule has 1 aromatic carbocycles. The second kappa shape index (κ2) is 6.20. The van der Waals surface area contributed by atoms with E-state index in [-0.39, 0.29) is 5.69 Å². The Morgan fingerprint density at radius 3 is 2.75 bits per heavy atom. The Morgan fingerprint density at radius 1 is 1.35 bits per heavy atom. The molecule has 1 heterocycles. The van der Waals surface area contributed by atoms with Crippen molar-refractivity contribution in [1.82, 2.24) is 9.97 Å². The fraction of sp³-hybridized carbons (Fsp3) is 0.167. The van der Waals surface area contributed by atoms with Crippen LogP contribution in [0.5, 0.6) is 5.75 Å². The first-order valence-electron chi connectivity index (χ1n) is 5.62. The van der Waals surface area contributed by atoms with Crippen LogP contribution in [0.1, 0.15) is 5.56 Å². The minimum absolute atomic E-state index is 0.00734. The lowest BCUT2D eigenvalue weighted by atomic mass is 10.2. The second-order valence-electron chi connectivity index (χ2n) is 3.83. The van der Waals surface area contributed by atoms with Crippen LogP contribution in [0.15, 0.2) is 35.6 Å². The first-order chi connectivity index (χ1) is 9.60. The minimum atomic E-state index is -0.451.